The van der Waals surface area contributed by atoms with Crippen LogP contribution >= 0.6 is 0 Å². The lowest BCUT2D eigenvalue weighted by Crippen LogP contribution is -2.40. The quantitative estimate of drug-likeness (QED) is 0.899. The number of benzene rings is 1. The van der Waals surface area contributed by atoms with Crippen molar-refractivity contribution in [3.63, 3.8) is 0 Å². The van der Waals surface area contributed by atoms with Crippen LogP contribution in [0.3, 0.4) is 0 Å². The summed E-state index contributed by atoms with van der Waals surface area (Å²) in [6.07, 6.45) is 1.06. The van der Waals surface area contributed by atoms with E-state index < -0.39 is 0 Å². The lowest BCUT2D eigenvalue weighted by molar-refractivity contribution is 0.0546. The zero-order chi connectivity index (χ0) is 17.8. The van der Waals surface area contributed by atoms with E-state index in [1.54, 1.807) is 0 Å². The van der Waals surface area contributed by atoms with Crippen LogP contribution in [0.15, 0.2) is 36.4 Å². The van der Waals surface area contributed by atoms with Gasteiger partial charge in [-0.15, -0.1) is 0 Å². The predicted molar refractivity (Wildman–Crippen MR) is 98.6 cm³/mol. The van der Waals surface area contributed by atoms with E-state index in [2.05, 4.69) is 22.4 Å². The van der Waals surface area contributed by atoms with Gasteiger partial charge in [-0.3, -0.25) is 9.78 Å². The monoisotopic (exact) mass is 339 g/mol. The van der Waals surface area contributed by atoms with Gasteiger partial charge in [0.2, 0.25) is 0 Å². The second-order valence-corrected chi connectivity index (χ2v) is 6.71. The second-order valence-electron chi connectivity index (χ2n) is 6.71. The van der Waals surface area contributed by atoms with Crippen molar-refractivity contribution in [1.82, 2.24) is 9.88 Å². The lowest BCUT2D eigenvalue weighted by Gasteiger charge is -2.29. The Morgan fingerprint density at radius 1 is 1.16 bits per heavy atom. The van der Waals surface area contributed by atoms with Crippen molar-refractivity contribution in [2.24, 2.45) is 0 Å². The molecule has 2 heterocycles. The Bertz CT molecular complexity index is 715. The number of anilines is 1. The molecule has 132 valence electrons. The van der Waals surface area contributed by atoms with Crippen LogP contribution < -0.4 is 5.32 Å². The summed E-state index contributed by atoms with van der Waals surface area (Å²) in [6, 6.07) is 11.7. The summed E-state index contributed by atoms with van der Waals surface area (Å²) in [7, 11) is 0. The van der Waals surface area contributed by atoms with E-state index in [-0.39, 0.29) is 12.0 Å². The van der Waals surface area contributed by atoms with Gasteiger partial charge in [-0.1, -0.05) is 0 Å². The number of aryl methyl sites for hydroxylation is 2. The predicted octanol–water partition coefficient (Wildman–Crippen LogP) is 2.91. The number of hydrogen-bond donors (Lipinski definition) is 2. The molecule has 1 aromatic heterocycles. The highest BCUT2D eigenvalue weighted by atomic mass is 16.3. The van der Waals surface area contributed by atoms with Gasteiger partial charge in [-0.25, -0.2) is 0 Å². The lowest BCUT2D eigenvalue weighted by atomic mass is 10.1. The van der Waals surface area contributed by atoms with Crippen LogP contribution in [0.1, 0.15) is 40.2 Å². The van der Waals surface area contributed by atoms with E-state index in [1.807, 2.05) is 43.0 Å². The van der Waals surface area contributed by atoms with Crippen molar-refractivity contribution in [3.05, 3.63) is 58.9 Å². The number of piperidine rings is 1. The zero-order valence-corrected chi connectivity index (χ0v) is 14.8. The van der Waals surface area contributed by atoms with E-state index >= 15 is 0 Å². The Labute approximate surface area is 148 Å². The number of aromatic nitrogens is 1. The second kappa shape index (κ2) is 7.66. The van der Waals surface area contributed by atoms with Crippen LogP contribution in [-0.4, -0.2) is 40.1 Å². The van der Waals surface area contributed by atoms with Gasteiger partial charge in [0.15, 0.2) is 0 Å². The van der Waals surface area contributed by atoms with E-state index in [9.17, 15) is 9.90 Å². The topological polar surface area (TPSA) is 65.5 Å². The van der Waals surface area contributed by atoms with Gasteiger partial charge in [-0.05, 0) is 68.7 Å². The number of amides is 1. The molecule has 0 radical (unpaired) electrons. The van der Waals surface area contributed by atoms with Crippen LogP contribution in [0.5, 0.6) is 0 Å². The van der Waals surface area contributed by atoms with E-state index in [0.29, 0.717) is 31.5 Å². The molecule has 0 bridgehead atoms. The number of likely N-dealkylation sites (tertiary alicyclic amines) is 1. The minimum atomic E-state index is -0.268. The molecule has 2 N–H and O–H groups in total. The number of aliphatic hydroxyl groups is 1. The number of hydrogen-bond acceptors (Lipinski definition) is 4. The molecule has 1 saturated heterocycles. The Morgan fingerprint density at radius 2 is 1.76 bits per heavy atom. The highest BCUT2D eigenvalue weighted by Crippen LogP contribution is 2.17. The standard InChI is InChI=1S/C20H25N3O2/c1-14-11-16(12-15(2)22-14)13-21-18-5-3-17(4-6-18)20(25)23-9-7-19(24)8-10-23/h3-6,11-12,19,21,24H,7-10,13H2,1-2H3. The number of carbonyl (C=O) groups is 1. The van der Waals surface area contributed by atoms with E-state index in [0.717, 1.165) is 23.6 Å². The fraction of sp³-hybridized carbons (Fsp3) is 0.400. The number of nitrogens with one attached hydrogen (secondary N) is 1. The third-order valence-corrected chi connectivity index (χ3v) is 4.52. The summed E-state index contributed by atoms with van der Waals surface area (Å²) in [5.41, 5.74) is 4.90. The Balaban J connectivity index is 1.59. The molecule has 5 nitrogen and oxygen atoms in total. The molecule has 1 aliphatic rings. The Hall–Kier alpha value is -2.40. The van der Waals surface area contributed by atoms with E-state index in [1.165, 1.54) is 5.56 Å². The van der Waals surface area contributed by atoms with E-state index in [4.69, 9.17) is 0 Å². The van der Waals surface area contributed by atoms with Gasteiger partial charge >= 0.3 is 0 Å². The molecule has 1 amide bonds. The first-order chi connectivity index (χ1) is 12.0. The summed E-state index contributed by atoms with van der Waals surface area (Å²) in [5, 5.41) is 12.9. The minimum absolute atomic E-state index is 0.0406. The zero-order valence-electron chi connectivity index (χ0n) is 14.8. The SMILES string of the molecule is Cc1cc(CNc2ccc(C(=O)N3CCC(O)CC3)cc2)cc(C)n1. The maximum absolute atomic E-state index is 12.5. The molecule has 5 heteroatoms. The summed E-state index contributed by atoms with van der Waals surface area (Å²) < 4.78 is 0. The molecule has 0 unspecified atom stereocenters. The van der Waals surface area contributed by atoms with Gasteiger partial charge in [0.25, 0.3) is 5.91 Å². The van der Waals surface area contributed by atoms with Crippen LogP contribution in [0.2, 0.25) is 0 Å². The molecule has 3 rings (SSSR count). The van der Waals surface area contributed by atoms with Crippen LogP contribution in [0, 0.1) is 13.8 Å². The van der Waals surface area contributed by atoms with Crippen molar-refractivity contribution in [1.29, 1.82) is 0 Å². The smallest absolute Gasteiger partial charge is 0.253 e. The van der Waals surface area contributed by atoms with Crippen LogP contribution in [0.25, 0.3) is 0 Å². The first-order valence-corrected chi connectivity index (χ1v) is 8.77. The third kappa shape index (κ3) is 4.57. The molecular weight excluding hydrogens is 314 g/mol. The highest BCUT2D eigenvalue weighted by Gasteiger charge is 2.22. The molecule has 0 saturated carbocycles. The third-order valence-electron chi connectivity index (χ3n) is 4.52. The minimum Gasteiger partial charge on any atom is -0.393 e. The first kappa shape index (κ1) is 17.4. The van der Waals surface area contributed by atoms with Crippen molar-refractivity contribution >= 4 is 11.6 Å². The molecule has 0 aliphatic carbocycles. The average molecular weight is 339 g/mol. The molecule has 1 aromatic carbocycles. The molecular formula is C20H25N3O2. The molecule has 25 heavy (non-hydrogen) atoms. The maximum atomic E-state index is 12.5. The van der Waals surface area contributed by atoms with Gasteiger partial charge in [0.1, 0.15) is 0 Å². The average Bonchev–Trinajstić information content (AvgIpc) is 2.60. The largest absolute Gasteiger partial charge is 0.393 e. The number of pyridine rings is 1. The number of carbonyl (C=O) groups excluding carboxylic acids is 1. The summed E-state index contributed by atoms with van der Waals surface area (Å²) >= 11 is 0. The normalized spacial score (nSPS) is 15.2. The maximum Gasteiger partial charge on any atom is 0.253 e. The van der Waals surface area contributed by atoms with Crippen molar-refractivity contribution in [3.8, 4) is 0 Å². The van der Waals surface area contributed by atoms with Crippen molar-refractivity contribution in [2.45, 2.75) is 39.3 Å². The first-order valence-electron chi connectivity index (χ1n) is 8.77. The fourth-order valence-electron chi connectivity index (χ4n) is 3.21. The number of nitrogens with zero attached hydrogens (tertiary/aromatic N) is 2. The molecule has 0 spiro atoms. The number of rotatable bonds is 4. The van der Waals surface area contributed by atoms with Gasteiger partial charge in [-0.2, -0.15) is 0 Å². The Kier molecular flexibility index (Phi) is 5.34. The van der Waals surface area contributed by atoms with Crippen LogP contribution in [0.4, 0.5) is 5.69 Å². The van der Waals surface area contributed by atoms with Crippen molar-refractivity contribution in [2.75, 3.05) is 18.4 Å². The fourth-order valence-corrected chi connectivity index (χ4v) is 3.21. The van der Waals surface area contributed by atoms with Crippen molar-refractivity contribution < 1.29 is 9.90 Å². The van der Waals surface area contributed by atoms with Gasteiger partial charge < -0.3 is 15.3 Å². The Morgan fingerprint density at radius 3 is 2.36 bits per heavy atom. The van der Waals surface area contributed by atoms with Gasteiger partial charge in [0, 0.05) is 42.3 Å². The summed E-state index contributed by atoms with van der Waals surface area (Å²) in [4.78, 5) is 18.7. The summed E-state index contributed by atoms with van der Waals surface area (Å²) in [5.74, 6) is 0.0406. The van der Waals surface area contributed by atoms with Gasteiger partial charge in [0.05, 0.1) is 6.10 Å². The summed E-state index contributed by atoms with van der Waals surface area (Å²) in [6.45, 7) is 5.97. The number of aliphatic hydroxyl groups excluding tert-OH is 1. The molecule has 1 aliphatic heterocycles. The van der Waals surface area contributed by atoms with Crippen LogP contribution in [-0.2, 0) is 6.54 Å². The highest BCUT2D eigenvalue weighted by molar-refractivity contribution is 5.94. The molecule has 2 aromatic rings. The molecule has 1 fully saturated rings. The molecule has 0 atom stereocenters.